The van der Waals surface area contributed by atoms with E-state index in [0.29, 0.717) is 5.92 Å². The predicted molar refractivity (Wildman–Crippen MR) is 132 cm³/mol. The molecule has 32 heavy (non-hydrogen) atoms. The summed E-state index contributed by atoms with van der Waals surface area (Å²) in [7, 11) is 5.52. The van der Waals surface area contributed by atoms with Crippen LogP contribution >= 0.6 is 0 Å². The van der Waals surface area contributed by atoms with Gasteiger partial charge in [-0.3, -0.25) is 0 Å². The first-order chi connectivity index (χ1) is 15.7. The van der Waals surface area contributed by atoms with Gasteiger partial charge in [-0.05, 0) is 54.7 Å². The van der Waals surface area contributed by atoms with E-state index in [0.717, 1.165) is 30.4 Å². The zero-order valence-electron chi connectivity index (χ0n) is 18.4. The average molecular weight is 422 g/mol. The Kier molecular flexibility index (Phi) is 9.06. The largest absolute Gasteiger partial charge is 0.306 e. The summed E-state index contributed by atoms with van der Waals surface area (Å²) in [6, 6.07) is 26.1. The standard InChI is InChI=1S/C18H19B.C10H9FN2/c19-15-9-3-8-14-18(16-10-4-1-5-11-16)17-12-6-2-7-13-17;1-8-6-9(11)2-3-10(8)13-5-4-12-7-13/h1-8,10-13,18H,9,14-15H2;2-7H,1H3. The van der Waals surface area contributed by atoms with Crippen molar-refractivity contribution < 1.29 is 4.39 Å². The predicted octanol–water partition coefficient (Wildman–Crippen LogP) is 7.06. The molecule has 0 fully saturated rings. The van der Waals surface area contributed by atoms with Gasteiger partial charge in [0.1, 0.15) is 5.82 Å². The Balaban J connectivity index is 0.000000193. The van der Waals surface area contributed by atoms with Gasteiger partial charge in [0.2, 0.25) is 0 Å². The van der Waals surface area contributed by atoms with Gasteiger partial charge in [0.05, 0.1) is 14.2 Å². The Labute approximate surface area is 191 Å². The number of aromatic nitrogens is 2. The SMILES string of the molecule is Cc1cc(F)ccc1-n1ccnc1.[B]CCC=CCC(c1ccccc1)c1ccccc1. The van der Waals surface area contributed by atoms with Crippen LogP contribution in [0.2, 0.25) is 6.32 Å². The van der Waals surface area contributed by atoms with Crippen LogP contribution in [-0.2, 0) is 0 Å². The zero-order valence-corrected chi connectivity index (χ0v) is 18.4. The Morgan fingerprint density at radius 2 is 1.59 bits per heavy atom. The normalized spacial score (nSPS) is 10.8. The van der Waals surface area contributed by atoms with Gasteiger partial charge in [-0.25, -0.2) is 9.37 Å². The molecule has 0 unspecified atom stereocenters. The van der Waals surface area contributed by atoms with Crippen molar-refractivity contribution in [1.29, 1.82) is 0 Å². The van der Waals surface area contributed by atoms with E-state index in [1.165, 1.54) is 23.3 Å². The summed E-state index contributed by atoms with van der Waals surface area (Å²) in [6.45, 7) is 1.87. The summed E-state index contributed by atoms with van der Waals surface area (Å²) in [4.78, 5) is 3.93. The molecule has 4 rings (SSSR count). The van der Waals surface area contributed by atoms with E-state index in [4.69, 9.17) is 7.85 Å². The van der Waals surface area contributed by atoms with Crippen LogP contribution in [0.25, 0.3) is 5.69 Å². The van der Waals surface area contributed by atoms with Gasteiger partial charge in [-0.1, -0.05) is 79.1 Å². The van der Waals surface area contributed by atoms with E-state index in [1.54, 1.807) is 18.6 Å². The lowest BCUT2D eigenvalue weighted by molar-refractivity contribution is 0.626. The lowest BCUT2D eigenvalue weighted by Crippen LogP contribution is -1.99. The highest BCUT2D eigenvalue weighted by atomic mass is 19.1. The van der Waals surface area contributed by atoms with Crippen LogP contribution in [0, 0.1) is 12.7 Å². The Bertz CT molecular complexity index is 1040. The molecular weight excluding hydrogens is 394 g/mol. The quantitative estimate of drug-likeness (QED) is 0.230. The number of imidazole rings is 1. The fourth-order valence-electron chi connectivity index (χ4n) is 3.59. The number of aryl methyl sites for hydroxylation is 1. The number of rotatable bonds is 7. The molecule has 0 atom stereocenters. The minimum absolute atomic E-state index is 0.207. The van der Waals surface area contributed by atoms with Crippen LogP contribution < -0.4 is 0 Å². The Morgan fingerprint density at radius 1 is 0.938 bits per heavy atom. The summed E-state index contributed by atoms with van der Waals surface area (Å²) < 4.78 is 14.6. The molecule has 3 aromatic carbocycles. The minimum Gasteiger partial charge on any atom is -0.306 e. The first kappa shape index (κ1) is 23.3. The smallest absolute Gasteiger partial charge is 0.123 e. The van der Waals surface area contributed by atoms with Crippen LogP contribution in [-0.4, -0.2) is 17.4 Å². The molecule has 0 saturated heterocycles. The molecule has 2 nitrogen and oxygen atoms in total. The molecule has 0 saturated carbocycles. The average Bonchev–Trinajstić information content (AvgIpc) is 3.35. The van der Waals surface area contributed by atoms with Crippen molar-refractivity contribution in [3.63, 3.8) is 0 Å². The number of benzene rings is 3. The maximum atomic E-state index is 12.8. The number of halogens is 1. The molecule has 0 bridgehead atoms. The summed E-state index contributed by atoms with van der Waals surface area (Å²) >= 11 is 0. The van der Waals surface area contributed by atoms with E-state index in [9.17, 15) is 4.39 Å². The lowest BCUT2D eigenvalue weighted by Gasteiger charge is -2.16. The van der Waals surface area contributed by atoms with Gasteiger partial charge in [-0.2, -0.15) is 0 Å². The number of allylic oxidation sites excluding steroid dienone is 2. The van der Waals surface area contributed by atoms with Gasteiger partial charge in [0.25, 0.3) is 0 Å². The monoisotopic (exact) mass is 422 g/mol. The molecule has 0 aliphatic carbocycles. The van der Waals surface area contributed by atoms with Crippen molar-refractivity contribution in [2.45, 2.75) is 32.0 Å². The molecule has 1 aromatic heterocycles. The van der Waals surface area contributed by atoms with Gasteiger partial charge in [0, 0.05) is 24.0 Å². The molecular formula is C28H28BFN2. The second kappa shape index (κ2) is 12.5. The Morgan fingerprint density at radius 3 is 2.12 bits per heavy atom. The van der Waals surface area contributed by atoms with Crippen LogP contribution in [0.5, 0.6) is 0 Å². The molecule has 4 aromatic rings. The van der Waals surface area contributed by atoms with E-state index >= 15 is 0 Å². The number of nitrogens with zero attached hydrogens (tertiary/aromatic N) is 2. The number of hydrogen-bond donors (Lipinski definition) is 0. The lowest BCUT2D eigenvalue weighted by atomic mass is 9.88. The van der Waals surface area contributed by atoms with Crippen molar-refractivity contribution in [3.05, 3.63) is 132 Å². The van der Waals surface area contributed by atoms with Gasteiger partial charge >= 0.3 is 0 Å². The van der Waals surface area contributed by atoms with Crippen LogP contribution in [0.4, 0.5) is 4.39 Å². The highest BCUT2D eigenvalue weighted by Crippen LogP contribution is 2.28. The van der Waals surface area contributed by atoms with Crippen molar-refractivity contribution in [3.8, 4) is 5.69 Å². The first-order valence-corrected chi connectivity index (χ1v) is 10.9. The van der Waals surface area contributed by atoms with Crippen molar-refractivity contribution in [2.75, 3.05) is 0 Å². The maximum absolute atomic E-state index is 12.8. The second-order valence-corrected chi connectivity index (χ2v) is 7.56. The molecule has 0 amide bonds. The van der Waals surface area contributed by atoms with Crippen LogP contribution in [0.1, 0.15) is 35.4 Å². The second-order valence-electron chi connectivity index (χ2n) is 7.56. The fraction of sp³-hybridized carbons (Fsp3) is 0.179. The molecule has 1 heterocycles. The van der Waals surface area contributed by atoms with Crippen molar-refractivity contribution in [1.82, 2.24) is 9.55 Å². The zero-order chi connectivity index (χ0) is 22.6. The molecule has 0 aliphatic heterocycles. The molecule has 0 spiro atoms. The maximum Gasteiger partial charge on any atom is 0.123 e. The van der Waals surface area contributed by atoms with Gasteiger partial charge < -0.3 is 4.57 Å². The fourth-order valence-corrected chi connectivity index (χ4v) is 3.59. The summed E-state index contributed by atoms with van der Waals surface area (Å²) in [5.74, 6) is 0.220. The summed E-state index contributed by atoms with van der Waals surface area (Å²) in [6.07, 6.45) is 12.3. The molecule has 4 heteroatoms. The Hall–Kier alpha value is -3.40. The third kappa shape index (κ3) is 6.81. The van der Waals surface area contributed by atoms with Crippen LogP contribution in [0.15, 0.2) is 110 Å². The highest BCUT2D eigenvalue weighted by molar-refractivity contribution is 6.08. The van der Waals surface area contributed by atoms with E-state index < -0.39 is 0 Å². The van der Waals surface area contributed by atoms with Crippen LogP contribution in [0.3, 0.4) is 0 Å². The molecule has 0 N–H and O–H groups in total. The minimum atomic E-state index is -0.207. The van der Waals surface area contributed by atoms with E-state index in [2.05, 4.69) is 77.8 Å². The third-order valence-electron chi connectivity index (χ3n) is 5.22. The summed E-state index contributed by atoms with van der Waals surface area (Å²) in [5, 5.41) is 0. The number of hydrogen-bond acceptors (Lipinski definition) is 1. The molecule has 160 valence electrons. The topological polar surface area (TPSA) is 17.8 Å². The molecule has 2 radical (unpaired) electrons. The van der Waals surface area contributed by atoms with E-state index in [1.807, 2.05) is 17.7 Å². The first-order valence-electron chi connectivity index (χ1n) is 10.9. The highest BCUT2D eigenvalue weighted by Gasteiger charge is 2.11. The van der Waals surface area contributed by atoms with Gasteiger partial charge in [-0.15, -0.1) is 0 Å². The van der Waals surface area contributed by atoms with Crippen molar-refractivity contribution >= 4 is 7.85 Å². The third-order valence-corrected chi connectivity index (χ3v) is 5.22. The summed E-state index contributed by atoms with van der Waals surface area (Å²) in [5.41, 5.74) is 4.59. The van der Waals surface area contributed by atoms with Crippen molar-refractivity contribution in [2.24, 2.45) is 0 Å². The van der Waals surface area contributed by atoms with E-state index in [-0.39, 0.29) is 5.82 Å². The van der Waals surface area contributed by atoms with Gasteiger partial charge in [0.15, 0.2) is 0 Å². The molecule has 0 aliphatic rings.